The van der Waals surface area contributed by atoms with Gasteiger partial charge in [0.25, 0.3) is 11.5 Å². The lowest BCUT2D eigenvalue weighted by Gasteiger charge is -2.46. The maximum Gasteiger partial charge on any atom is 0.271 e. The first kappa shape index (κ1) is 17.6. The molecule has 1 aromatic rings. The van der Waals surface area contributed by atoms with Crippen LogP contribution in [0.5, 0.6) is 0 Å². The van der Waals surface area contributed by atoms with Crippen LogP contribution in [0.25, 0.3) is 0 Å². The number of piperidine rings is 1. The predicted octanol–water partition coefficient (Wildman–Crippen LogP) is 0.839. The fraction of sp³-hybridized carbons (Fsp3) is 0.667. The average molecular weight is 346 g/mol. The van der Waals surface area contributed by atoms with Gasteiger partial charge in [0.15, 0.2) is 0 Å². The molecular weight excluding hydrogens is 320 g/mol. The van der Waals surface area contributed by atoms with Crippen molar-refractivity contribution in [2.45, 2.75) is 51.6 Å². The van der Waals surface area contributed by atoms with Crippen molar-refractivity contribution in [3.8, 4) is 0 Å². The van der Waals surface area contributed by atoms with Gasteiger partial charge in [-0.15, -0.1) is 0 Å². The minimum atomic E-state index is -0.277. The summed E-state index contributed by atoms with van der Waals surface area (Å²) in [6, 6.07) is 2.92. The summed E-state index contributed by atoms with van der Waals surface area (Å²) in [5.41, 5.74) is -0.0160. The fourth-order valence-electron chi connectivity index (χ4n) is 4.39. The largest absolute Gasteiger partial charge is 0.353 e. The van der Waals surface area contributed by atoms with Crippen LogP contribution in [0.4, 0.5) is 0 Å². The molecule has 5 atom stereocenters. The van der Waals surface area contributed by atoms with Gasteiger partial charge in [-0.05, 0) is 43.6 Å². The number of carbonyl (C=O) groups excluding carboxylic acids is 2. The van der Waals surface area contributed by atoms with E-state index < -0.39 is 0 Å². The van der Waals surface area contributed by atoms with Gasteiger partial charge in [-0.2, -0.15) is 5.10 Å². The topological polar surface area (TPSA) is 93.1 Å². The Hall–Kier alpha value is -2.18. The number of hydrogen-bond donors (Lipinski definition) is 2. The Bertz CT molecular complexity index is 729. The van der Waals surface area contributed by atoms with Crippen molar-refractivity contribution in [2.24, 2.45) is 24.8 Å². The molecule has 2 aliphatic rings. The van der Waals surface area contributed by atoms with E-state index in [1.54, 1.807) is 0 Å². The Morgan fingerprint density at radius 1 is 1.36 bits per heavy atom. The summed E-state index contributed by atoms with van der Waals surface area (Å²) in [6.45, 7) is 4.24. The molecule has 2 amide bonds. The first-order valence-electron chi connectivity index (χ1n) is 9.06. The third-order valence-electron chi connectivity index (χ3n) is 5.85. The highest BCUT2D eigenvalue weighted by Gasteiger charge is 2.43. The lowest BCUT2D eigenvalue weighted by atomic mass is 9.67. The van der Waals surface area contributed by atoms with Crippen molar-refractivity contribution in [1.29, 1.82) is 0 Å². The molecule has 2 fully saturated rings. The highest BCUT2D eigenvalue weighted by molar-refractivity contribution is 5.92. The van der Waals surface area contributed by atoms with Crippen LogP contribution >= 0.6 is 0 Å². The van der Waals surface area contributed by atoms with Gasteiger partial charge in [0.1, 0.15) is 5.69 Å². The van der Waals surface area contributed by atoms with Crippen LogP contribution in [0.2, 0.25) is 0 Å². The van der Waals surface area contributed by atoms with Crippen LogP contribution in [0.1, 0.15) is 50.0 Å². The molecular formula is C18H26N4O3. The van der Waals surface area contributed by atoms with Gasteiger partial charge in [0, 0.05) is 31.1 Å². The molecule has 0 bridgehead atoms. The Kier molecular flexibility index (Phi) is 4.92. The number of nitrogens with zero attached hydrogens (tertiary/aromatic N) is 2. The first-order chi connectivity index (χ1) is 11.9. The van der Waals surface area contributed by atoms with Gasteiger partial charge in [0.2, 0.25) is 5.91 Å². The summed E-state index contributed by atoms with van der Waals surface area (Å²) >= 11 is 0. The minimum absolute atomic E-state index is 0.0125. The Balaban J connectivity index is 1.64. The van der Waals surface area contributed by atoms with Crippen LogP contribution in [-0.2, 0) is 11.8 Å². The molecule has 5 unspecified atom stereocenters. The summed E-state index contributed by atoms with van der Waals surface area (Å²) in [4.78, 5) is 36.0. The molecule has 136 valence electrons. The van der Waals surface area contributed by atoms with Crippen molar-refractivity contribution in [3.63, 3.8) is 0 Å². The van der Waals surface area contributed by atoms with E-state index in [1.807, 2.05) is 0 Å². The summed E-state index contributed by atoms with van der Waals surface area (Å²) in [5, 5.41) is 10.1. The van der Waals surface area contributed by atoms with Gasteiger partial charge in [-0.3, -0.25) is 14.4 Å². The summed E-state index contributed by atoms with van der Waals surface area (Å²) in [6.07, 6.45) is 3.51. The zero-order chi connectivity index (χ0) is 18.1. The van der Waals surface area contributed by atoms with Gasteiger partial charge in [-0.25, -0.2) is 4.68 Å². The second kappa shape index (κ2) is 6.98. The van der Waals surface area contributed by atoms with Crippen molar-refractivity contribution in [1.82, 2.24) is 20.4 Å². The number of amides is 2. The molecule has 1 aliphatic carbocycles. The van der Waals surface area contributed by atoms with E-state index in [-0.39, 0.29) is 41.1 Å². The van der Waals surface area contributed by atoms with E-state index in [0.717, 1.165) is 30.4 Å². The van der Waals surface area contributed by atoms with Crippen LogP contribution in [0.3, 0.4) is 0 Å². The van der Waals surface area contributed by atoms with Crippen LogP contribution < -0.4 is 16.2 Å². The Morgan fingerprint density at radius 3 is 2.80 bits per heavy atom. The van der Waals surface area contributed by atoms with Crippen molar-refractivity contribution >= 4 is 11.8 Å². The first-order valence-corrected chi connectivity index (χ1v) is 9.06. The quantitative estimate of drug-likeness (QED) is 0.848. The van der Waals surface area contributed by atoms with Gasteiger partial charge >= 0.3 is 0 Å². The average Bonchev–Trinajstić information content (AvgIpc) is 2.57. The summed E-state index contributed by atoms with van der Waals surface area (Å²) in [5.74, 6) is 0.822. The predicted molar refractivity (Wildman–Crippen MR) is 92.9 cm³/mol. The third-order valence-corrected chi connectivity index (χ3v) is 5.85. The number of hydrogen-bond acceptors (Lipinski definition) is 4. The van der Waals surface area contributed by atoms with E-state index in [9.17, 15) is 14.4 Å². The van der Waals surface area contributed by atoms with E-state index in [4.69, 9.17) is 0 Å². The lowest BCUT2D eigenvalue weighted by Crippen LogP contribution is -2.58. The number of aryl methyl sites for hydroxylation is 1. The molecule has 2 heterocycles. The number of aromatic nitrogens is 2. The highest BCUT2D eigenvalue weighted by Crippen LogP contribution is 2.38. The number of rotatable bonds is 3. The third kappa shape index (κ3) is 3.45. The van der Waals surface area contributed by atoms with Crippen molar-refractivity contribution in [2.75, 3.05) is 0 Å². The van der Waals surface area contributed by atoms with Crippen LogP contribution in [0, 0.1) is 17.8 Å². The van der Waals surface area contributed by atoms with E-state index in [0.29, 0.717) is 11.8 Å². The van der Waals surface area contributed by atoms with Crippen molar-refractivity contribution < 1.29 is 9.59 Å². The van der Waals surface area contributed by atoms with E-state index in [1.165, 1.54) is 19.2 Å². The van der Waals surface area contributed by atoms with E-state index >= 15 is 0 Å². The standard InChI is InChI=1S/C18H26N4O3/c1-4-12-10(2)13-6-5-11(9-15(13)20-17(12)24)19-18(25)14-7-8-16(23)22(3)21-14/h7-8,10-13,15H,4-6,9H2,1-3H3,(H,19,25)(H,20,24). The number of fused-ring (bicyclic) bond motifs is 1. The summed E-state index contributed by atoms with van der Waals surface area (Å²) < 4.78 is 1.15. The zero-order valence-corrected chi connectivity index (χ0v) is 15.0. The van der Waals surface area contributed by atoms with Crippen molar-refractivity contribution in [3.05, 3.63) is 28.2 Å². The molecule has 1 saturated heterocycles. The number of nitrogens with one attached hydrogen (secondary N) is 2. The molecule has 1 aliphatic heterocycles. The monoisotopic (exact) mass is 346 g/mol. The smallest absolute Gasteiger partial charge is 0.271 e. The zero-order valence-electron chi connectivity index (χ0n) is 15.0. The molecule has 1 aromatic heterocycles. The SMILES string of the molecule is CCC1C(=O)NC2CC(NC(=O)c3ccc(=O)n(C)n3)CCC2C1C. The van der Waals surface area contributed by atoms with Gasteiger partial charge in [0.05, 0.1) is 0 Å². The molecule has 25 heavy (non-hydrogen) atoms. The second-order valence-corrected chi connectivity index (χ2v) is 7.32. The molecule has 7 nitrogen and oxygen atoms in total. The molecule has 0 radical (unpaired) electrons. The number of carbonyl (C=O) groups is 2. The highest BCUT2D eigenvalue weighted by atomic mass is 16.2. The maximum atomic E-state index is 12.4. The Morgan fingerprint density at radius 2 is 2.12 bits per heavy atom. The maximum absolute atomic E-state index is 12.4. The molecule has 7 heteroatoms. The fourth-order valence-corrected chi connectivity index (χ4v) is 4.39. The normalized spacial score (nSPS) is 31.8. The Labute approximate surface area is 147 Å². The lowest BCUT2D eigenvalue weighted by molar-refractivity contribution is -0.133. The van der Waals surface area contributed by atoms with Crippen LogP contribution in [0.15, 0.2) is 16.9 Å². The minimum Gasteiger partial charge on any atom is -0.353 e. The molecule has 0 aromatic carbocycles. The van der Waals surface area contributed by atoms with Gasteiger partial charge < -0.3 is 10.6 Å². The van der Waals surface area contributed by atoms with Crippen LogP contribution in [-0.4, -0.2) is 33.7 Å². The van der Waals surface area contributed by atoms with Gasteiger partial charge in [-0.1, -0.05) is 13.8 Å². The molecule has 1 saturated carbocycles. The molecule has 3 rings (SSSR count). The summed E-state index contributed by atoms with van der Waals surface area (Å²) in [7, 11) is 1.52. The molecule has 2 N–H and O–H groups in total. The van der Waals surface area contributed by atoms with E-state index in [2.05, 4.69) is 29.6 Å². The molecule has 0 spiro atoms. The second-order valence-electron chi connectivity index (χ2n) is 7.32.